The molecule has 74 valence electrons. The second-order valence-electron chi connectivity index (χ2n) is 2.38. The molecule has 0 aliphatic carbocycles. The summed E-state index contributed by atoms with van der Waals surface area (Å²) in [7, 11) is 0. The lowest BCUT2D eigenvalue weighted by Crippen LogP contribution is -1.74. The van der Waals surface area contributed by atoms with Crippen molar-refractivity contribution in [3.05, 3.63) is 35.4 Å². The summed E-state index contributed by atoms with van der Waals surface area (Å²) in [5.41, 5.74) is 0. The average molecular weight is 240 g/mol. The summed E-state index contributed by atoms with van der Waals surface area (Å²) in [4.78, 5) is 0. The molecule has 0 aliphatic heterocycles. The molecule has 13 heavy (non-hydrogen) atoms. The van der Waals surface area contributed by atoms with Crippen LogP contribution in [-0.4, -0.2) is 11.8 Å². The Hall–Kier alpha value is 0.0900. The monoisotopic (exact) mass is 238 g/mol. The quantitative estimate of drug-likeness (QED) is 0.535. The van der Waals surface area contributed by atoms with E-state index in [0.717, 1.165) is 29.6 Å². The summed E-state index contributed by atoms with van der Waals surface area (Å²) >= 11 is 16.2. The van der Waals surface area contributed by atoms with Crippen molar-refractivity contribution in [3.8, 4) is 0 Å². The molecule has 1 aromatic carbocycles. The summed E-state index contributed by atoms with van der Waals surface area (Å²) in [6, 6.07) is 9.44. The predicted octanol–water partition coefficient (Wildman–Crippen LogP) is 4.58. The first-order valence-electron chi connectivity index (χ1n) is 4.13. The van der Waals surface area contributed by atoms with Gasteiger partial charge in [0.1, 0.15) is 0 Å². The zero-order valence-corrected chi connectivity index (χ0v) is 9.62. The molecule has 0 atom stereocenters. The molecule has 0 aromatic heterocycles. The normalized spacial score (nSPS) is 8.85. The Morgan fingerprint density at radius 1 is 0.846 bits per heavy atom. The van der Waals surface area contributed by atoms with Crippen LogP contribution in [-0.2, 0) is 0 Å². The van der Waals surface area contributed by atoms with Gasteiger partial charge in [-0.2, -0.15) is 0 Å². The second-order valence-corrected chi connectivity index (χ2v) is 3.57. The number of unbranched alkanes of at least 4 members (excludes halogenated alkanes) is 1. The van der Waals surface area contributed by atoms with Crippen molar-refractivity contribution in [1.82, 2.24) is 0 Å². The first-order valence-corrected chi connectivity index (χ1v) is 5.58. The van der Waals surface area contributed by atoms with Gasteiger partial charge >= 0.3 is 0 Å². The molecule has 0 nitrogen and oxygen atoms in total. The fourth-order valence-electron chi connectivity index (χ4n) is 0.604. The molecule has 0 spiro atoms. The molecule has 0 amide bonds. The van der Waals surface area contributed by atoms with Crippen LogP contribution < -0.4 is 0 Å². The molecule has 0 unspecified atom stereocenters. The Labute approximate surface area is 94.8 Å². The lowest BCUT2D eigenvalue weighted by atomic mass is 10.4. The molecular formula is C10H13Cl3. The van der Waals surface area contributed by atoms with Crippen LogP contribution in [0, 0.1) is 0 Å². The molecular weight excluding hydrogens is 226 g/mol. The first-order chi connectivity index (χ1) is 6.31. The van der Waals surface area contributed by atoms with Crippen LogP contribution in [0.5, 0.6) is 0 Å². The fourth-order valence-corrected chi connectivity index (χ4v) is 1.13. The number of alkyl halides is 2. The molecule has 0 N–H and O–H groups in total. The maximum Gasteiger partial charge on any atom is 0.0405 e. The largest absolute Gasteiger partial charge is 0.127 e. The maximum atomic E-state index is 5.54. The van der Waals surface area contributed by atoms with Crippen LogP contribution in [0.15, 0.2) is 30.3 Å². The van der Waals surface area contributed by atoms with Crippen LogP contribution >= 0.6 is 34.8 Å². The van der Waals surface area contributed by atoms with Gasteiger partial charge < -0.3 is 0 Å². The standard InChI is InChI=1S/C6H5Cl.C4H8Cl2/c7-6-4-2-1-3-5-6;5-3-1-2-4-6/h1-5H;1-4H2. The lowest BCUT2D eigenvalue weighted by Gasteiger charge is -1.83. The van der Waals surface area contributed by atoms with Crippen LogP contribution in [0.2, 0.25) is 5.02 Å². The van der Waals surface area contributed by atoms with E-state index in [1.807, 2.05) is 30.3 Å². The summed E-state index contributed by atoms with van der Waals surface area (Å²) in [6.45, 7) is 0. The Balaban J connectivity index is 0.000000226. The predicted molar refractivity (Wildman–Crippen MR) is 62.1 cm³/mol. The Bertz CT molecular complexity index is 183. The van der Waals surface area contributed by atoms with Crippen molar-refractivity contribution < 1.29 is 0 Å². The third-order valence-corrected chi connectivity index (χ3v) is 2.04. The number of rotatable bonds is 3. The molecule has 0 saturated carbocycles. The fraction of sp³-hybridized carbons (Fsp3) is 0.400. The molecule has 0 saturated heterocycles. The third kappa shape index (κ3) is 10.0. The number of benzene rings is 1. The highest BCUT2D eigenvalue weighted by molar-refractivity contribution is 6.30. The molecule has 0 aliphatic rings. The molecule has 0 radical (unpaired) electrons. The molecule has 1 rings (SSSR count). The van der Waals surface area contributed by atoms with Gasteiger partial charge in [-0.15, -0.1) is 23.2 Å². The van der Waals surface area contributed by atoms with Gasteiger partial charge in [0.25, 0.3) is 0 Å². The van der Waals surface area contributed by atoms with E-state index < -0.39 is 0 Å². The van der Waals surface area contributed by atoms with Crippen molar-refractivity contribution >= 4 is 34.8 Å². The second kappa shape index (κ2) is 10.2. The highest BCUT2D eigenvalue weighted by atomic mass is 35.5. The van der Waals surface area contributed by atoms with Crippen molar-refractivity contribution in [3.63, 3.8) is 0 Å². The smallest absolute Gasteiger partial charge is 0.0405 e. The van der Waals surface area contributed by atoms with Crippen LogP contribution in [0.4, 0.5) is 0 Å². The van der Waals surface area contributed by atoms with Crippen molar-refractivity contribution in [2.24, 2.45) is 0 Å². The minimum Gasteiger partial charge on any atom is -0.127 e. The van der Waals surface area contributed by atoms with E-state index >= 15 is 0 Å². The van der Waals surface area contributed by atoms with Gasteiger partial charge in [-0.1, -0.05) is 29.8 Å². The molecule has 0 heterocycles. The van der Waals surface area contributed by atoms with E-state index in [9.17, 15) is 0 Å². The first kappa shape index (κ1) is 13.1. The van der Waals surface area contributed by atoms with Crippen molar-refractivity contribution in [2.75, 3.05) is 11.8 Å². The minimum atomic E-state index is 0.743. The van der Waals surface area contributed by atoms with Gasteiger partial charge in [-0.05, 0) is 25.0 Å². The van der Waals surface area contributed by atoms with Crippen molar-refractivity contribution in [1.29, 1.82) is 0 Å². The molecule has 1 aromatic rings. The van der Waals surface area contributed by atoms with E-state index in [0.29, 0.717) is 0 Å². The van der Waals surface area contributed by atoms with E-state index in [1.54, 1.807) is 0 Å². The SMILES string of the molecule is ClCCCCCl.Clc1ccccc1. The molecule has 3 heteroatoms. The van der Waals surface area contributed by atoms with Crippen LogP contribution in [0.1, 0.15) is 12.8 Å². The summed E-state index contributed by atoms with van der Waals surface area (Å²) in [5.74, 6) is 1.49. The highest BCUT2D eigenvalue weighted by Gasteiger charge is 1.78. The Morgan fingerprint density at radius 2 is 1.31 bits per heavy atom. The van der Waals surface area contributed by atoms with Gasteiger partial charge in [0, 0.05) is 16.8 Å². The Kier molecular flexibility index (Phi) is 10.2. The minimum absolute atomic E-state index is 0.743. The van der Waals surface area contributed by atoms with Gasteiger partial charge in [-0.25, -0.2) is 0 Å². The number of hydrogen-bond acceptors (Lipinski definition) is 0. The van der Waals surface area contributed by atoms with Gasteiger partial charge in [-0.3, -0.25) is 0 Å². The van der Waals surface area contributed by atoms with E-state index in [-0.39, 0.29) is 0 Å². The zero-order chi connectivity index (χ0) is 9.94. The summed E-state index contributed by atoms with van der Waals surface area (Å²) < 4.78 is 0. The number of halogens is 3. The van der Waals surface area contributed by atoms with Gasteiger partial charge in [0.15, 0.2) is 0 Å². The summed E-state index contributed by atoms with van der Waals surface area (Å²) in [5, 5.41) is 0.794. The summed E-state index contributed by atoms with van der Waals surface area (Å²) in [6.07, 6.45) is 2.09. The third-order valence-electron chi connectivity index (χ3n) is 1.25. The zero-order valence-electron chi connectivity index (χ0n) is 7.35. The van der Waals surface area contributed by atoms with Crippen molar-refractivity contribution in [2.45, 2.75) is 12.8 Å². The highest BCUT2D eigenvalue weighted by Crippen LogP contribution is 2.03. The van der Waals surface area contributed by atoms with Crippen LogP contribution in [0.3, 0.4) is 0 Å². The Morgan fingerprint density at radius 3 is 1.54 bits per heavy atom. The maximum absolute atomic E-state index is 5.54. The lowest BCUT2D eigenvalue weighted by molar-refractivity contribution is 0.899. The van der Waals surface area contributed by atoms with E-state index in [1.165, 1.54) is 0 Å². The van der Waals surface area contributed by atoms with Crippen LogP contribution in [0.25, 0.3) is 0 Å². The topological polar surface area (TPSA) is 0 Å². The van der Waals surface area contributed by atoms with Gasteiger partial charge in [0.05, 0.1) is 0 Å². The van der Waals surface area contributed by atoms with E-state index in [2.05, 4.69) is 0 Å². The van der Waals surface area contributed by atoms with E-state index in [4.69, 9.17) is 34.8 Å². The molecule has 0 fully saturated rings. The van der Waals surface area contributed by atoms with Gasteiger partial charge in [0.2, 0.25) is 0 Å². The molecule has 0 bridgehead atoms. The number of hydrogen-bond donors (Lipinski definition) is 0. The average Bonchev–Trinajstić information content (AvgIpc) is 2.17.